The van der Waals surface area contributed by atoms with Crippen molar-refractivity contribution in [3.8, 4) is 6.07 Å². The maximum absolute atomic E-state index is 11.4. The van der Waals surface area contributed by atoms with Crippen molar-refractivity contribution < 1.29 is 0 Å². The van der Waals surface area contributed by atoms with Crippen LogP contribution >= 0.6 is 0 Å². The van der Waals surface area contributed by atoms with Crippen LogP contribution in [0.5, 0.6) is 0 Å². The molecule has 0 N–H and O–H groups in total. The molecule has 0 aliphatic heterocycles. The zero-order valence-electron chi connectivity index (χ0n) is 8.71. The number of aryl methyl sites for hydroxylation is 2. The third-order valence-corrected chi connectivity index (χ3v) is 2.42. The van der Waals surface area contributed by atoms with Crippen LogP contribution in [0, 0.1) is 11.3 Å². The summed E-state index contributed by atoms with van der Waals surface area (Å²) in [5.41, 5.74) is 0.595. The molecule has 0 saturated heterocycles. The summed E-state index contributed by atoms with van der Waals surface area (Å²) in [6.45, 7) is 1.20. The summed E-state index contributed by atoms with van der Waals surface area (Å²) in [5, 5.41) is 8.82. The van der Waals surface area contributed by atoms with Gasteiger partial charge < -0.3 is 9.13 Å². The zero-order valence-corrected chi connectivity index (χ0v) is 8.71. The first-order valence-electron chi connectivity index (χ1n) is 5.02. The Morgan fingerprint density at radius 2 is 1.81 bits per heavy atom. The molecule has 4 nitrogen and oxygen atoms in total. The molecule has 0 fully saturated rings. The Morgan fingerprint density at radius 1 is 1.06 bits per heavy atom. The summed E-state index contributed by atoms with van der Waals surface area (Å²) in [6, 6.07) is 10.8. The Kier molecular flexibility index (Phi) is 2.88. The second kappa shape index (κ2) is 4.49. The van der Waals surface area contributed by atoms with Gasteiger partial charge in [-0.25, -0.2) is 0 Å². The van der Waals surface area contributed by atoms with Gasteiger partial charge in [-0.1, -0.05) is 6.07 Å². The highest BCUT2D eigenvalue weighted by atomic mass is 16.1. The lowest BCUT2D eigenvalue weighted by molar-refractivity contribution is 0.564. The molecular formula is C12H11N3O. The third-order valence-electron chi connectivity index (χ3n) is 2.42. The van der Waals surface area contributed by atoms with E-state index in [1.165, 1.54) is 6.07 Å². The highest BCUT2D eigenvalue weighted by Gasteiger charge is 1.99. The van der Waals surface area contributed by atoms with Gasteiger partial charge in [0.2, 0.25) is 0 Å². The van der Waals surface area contributed by atoms with Crippen molar-refractivity contribution in [1.82, 2.24) is 9.13 Å². The van der Waals surface area contributed by atoms with E-state index in [0.29, 0.717) is 18.8 Å². The quantitative estimate of drug-likeness (QED) is 0.769. The van der Waals surface area contributed by atoms with E-state index < -0.39 is 0 Å². The van der Waals surface area contributed by atoms with Crippen molar-refractivity contribution in [1.29, 1.82) is 5.26 Å². The molecule has 2 aromatic heterocycles. The van der Waals surface area contributed by atoms with Crippen molar-refractivity contribution in [2.45, 2.75) is 13.1 Å². The number of hydrogen-bond acceptors (Lipinski definition) is 2. The minimum atomic E-state index is -0.0202. The van der Waals surface area contributed by atoms with Crippen LogP contribution in [0.2, 0.25) is 0 Å². The lowest BCUT2D eigenvalue weighted by Crippen LogP contribution is -2.20. The largest absolute Gasteiger partial charge is 0.338 e. The summed E-state index contributed by atoms with van der Waals surface area (Å²) in [6.07, 6.45) is 3.59. The molecule has 0 atom stereocenters. The summed E-state index contributed by atoms with van der Waals surface area (Å²) in [4.78, 5) is 11.4. The third kappa shape index (κ3) is 2.04. The topological polar surface area (TPSA) is 50.7 Å². The Morgan fingerprint density at radius 3 is 2.56 bits per heavy atom. The fraction of sp³-hybridized carbons (Fsp3) is 0.167. The Hall–Kier alpha value is -2.28. The van der Waals surface area contributed by atoms with Gasteiger partial charge in [-0.2, -0.15) is 5.26 Å². The molecule has 0 aromatic carbocycles. The summed E-state index contributed by atoms with van der Waals surface area (Å²) >= 11 is 0. The molecule has 80 valence electrons. The molecule has 0 aliphatic carbocycles. The first-order valence-corrected chi connectivity index (χ1v) is 5.02. The number of rotatable bonds is 3. The van der Waals surface area contributed by atoms with Gasteiger partial charge in [-0.3, -0.25) is 4.79 Å². The van der Waals surface area contributed by atoms with Crippen molar-refractivity contribution in [2.24, 2.45) is 0 Å². The predicted octanol–water partition coefficient (Wildman–Crippen LogP) is 1.22. The first-order chi connectivity index (χ1) is 7.81. The minimum absolute atomic E-state index is 0.0202. The van der Waals surface area contributed by atoms with Gasteiger partial charge in [0.15, 0.2) is 0 Å². The van der Waals surface area contributed by atoms with Gasteiger partial charge >= 0.3 is 0 Å². The fourth-order valence-corrected chi connectivity index (χ4v) is 1.57. The lowest BCUT2D eigenvalue weighted by Gasteiger charge is -2.06. The number of pyridine rings is 1. The van der Waals surface area contributed by atoms with Crippen molar-refractivity contribution in [2.75, 3.05) is 0 Å². The molecular weight excluding hydrogens is 202 g/mol. The highest BCUT2D eigenvalue weighted by molar-refractivity contribution is 5.21. The van der Waals surface area contributed by atoms with E-state index in [0.717, 1.165) is 0 Å². The van der Waals surface area contributed by atoms with Crippen LogP contribution < -0.4 is 5.56 Å². The van der Waals surface area contributed by atoms with E-state index in [9.17, 15) is 4.79 Å². The number of aromatic nitrogens is 2. The van der Waals surface area contributed by atoms with Gasteiger partial charge in [-0.05, 0) is 18.2 Å². The minimum Gasteiger partial charge on any atom is -0.338 e. The van der Waals surface area contributed by atoms with E-state index in [-0.39, 0.29) is 5.56 Å². The van der Waals surface area contributed by atoms with Gasteiger partial charge in [0.1, 0.15) is 11.8 Å². The zero-order chi connectivity index (χ0) is 11.4. The maximum Gasteiger partial charge on any atom is 0.250 e. The molecule has 0 spiro atoms. The monoisotopic (exact) mass is 213 g/mol. The molecule has 0 radical (unpaired) electrons. The summed E-state index contributed by atoms with van der Waals surface area (Å²) in [7, 11) is 0. The van der Waals surface area contributed by atoms with Gasteiger partial charge in [-0.15, -0.1) is 0 Å². The van der Waals surface area contributed by atoms with Crippen molar-refractivity contribution in [3.63, 3.8) is 0 Å². The van der Waals surface area contributed by atoms with E-state index in [4.69, 9.17) is 5.26 Å². The van der Waals surface area contributed by atoms with Crippen LogP contribution in [0.25, 0.3) is 0 Å². The molecule has 4 heteroatoms. The van der Waals surface area contributed by atoms with E-state index in [2.05, 4.69) is 6.07 Å². The SMILES string of the molecule is N#Cc1cccn1CCn1ccccc1=O. The molecule has 0 aliphatic rings. The van der Waals surface area contributed by atoms with Crippen LogP contribution in [0.1, 0.15) is 5.69 Å². The van der Waals surface area contributed by atoms with Crippen LogP contribution in [-0.2, 0) is 13.1 Å². The normalized spacial score (nSPS) is 9.94. The van der Waals surface area contributed by atoms with Crippen molar-refractivity contribution >= 4 is 0 Å². The molecule has 2 heterocycles. The predicted molar refractivity (Wildman–Crippen MR) is 59.8 cm³/mol. The van der Waals surface area contributed by atoms with E-state index >= 15 is 0 Å². The van der Waals surface area contributed by atoms with Crippen LogP contribution in [0.15, 0.2) is 47.5 Å². The van der Waals surface area contributed by atoms with Crippen LogP contribution in [0.3, 0.4) is 0 Å². The van der Waals surface area contributed by atoms with E-state index in [1.54, 1.807) is 22.9 Å². The van der Waals surface area contributed by atoms with Crippen LogP contribution in [0.4, 0.5) is 0 Å². The molecule has 0 amide bonds. The molecule has 0 unspecified atom stereocenters. The fourth-order valence-electron chi connectivity index (χ4n) is 1.57. The van der Waals surface area contributed by atoms with Gasteiger partial charge in [0, 0.05) is 31.5 Å². The molecule has 2 aromatic rings. The second-order valence-corrected chi connectivity index (χ2v) is 3.43. The maximum atomic E-state index is 11.4. The molecule has 0 saturated carbocycles. The van der Waals surface area contributed by atoms with Gasteiger partial charge in [0.05, 0.1) is 0 Å². The molecule has 0 bridgehead atoms. The highest BCUT2D eigenvalue weighted by Crippen LogP contribution is 2.00. The summed E-state index contributed by atoms with van der Waals surface area (Å²) in [5.74, 6) is 0. The molecule has 16 heavy (non-hydrogen) atoms. The van der Waals surface area contributed by atoms with Crippen molar-refractivity contribution in [3.05, 3.63) is 58.8 Å². The first kappa shape index (κ1) is 10.2. The second-order valence-electron chi connectivity index (χ2n) is 3.43. The Balaban J connectivity index is 2.12. The molecule has 2 rings (SSSR count). The smallest absolute Gasteiger partial charge is 0.250 e. The average Bonchev–Trinajstić information content (AvgIpc) is 2.75. The average molecular weight is 213 g/mol. The van der Waals surface area contributed by atoms with Crippen LogP contribution in [-0.4, -0.2) is 9.13 Å². The summed E-state index contributed by atoms with van der Waals surface area (Å²) < 4.78 is 3.46. The Labute approximate surface area is 93.0 Å². The number of nitriles is 1. The Bertz CT molecular complexity index is 574. The number of hydrogen-bond donors (Lipinski definition) is 0. The lowest BCUT2D eigenvalue weighted by atomic mass is 10.4. The number of nitrogens with zero attached hydrogens (tertiary/aromatic N) is 3. The van der Waals surface area contributed by atoms with E-state index in [1.807, 2.05) is 22.9 Å². The van der Waals surface area contributed by atoms with Gasteiger partial charge in [0.25, 0.3) is 5.56 Å². The standard InChI is InChI=1S/C12H11N3O/c13-10-11-4-3-7-14(11)8-9-15-6-2-1-5-12(15)16/h1-7H,8-9H2.